The van der Waals surface area contributed by atoms with E-state index in [4.69, 9.17) is 4.74 Å². The summed E-state index contributed by atoms with van der Waals surface area (Å²) in [7, 11) is 0. The van der Waals surface area contributed by atoms with E-state index in [-0.39, 0.29) is 0 Å². The highest BCUT2D eigenvalue weighted by molar-refractivity contribution is 7.10. The minimum atomic E-state index is 0.322. The lowest BCUT2D eigenvalue weighted by Gasteiger charge is -2.26. The van der Waals surface area contributed by atoms with Crippen molar-refractivity contribution >= 4 is 17.4 Å². The Kier molecular flexibility index (Phi) is 3.29. The van der Waals surface area contributed by atoms with E-state index in [9.17, 15) is 0 Å². The molecule has 1 saturated heterocycles. The van der Waals surface area contributed by atoms with Gasteiger partial charge in [0.05, 0.1) is 13.2 Å². The van der Waals surface area contributed by atoms with Crippen LogP contribution in [0.5, 0.6) is 0 Å². The molecule has 1 aromatic rings. The first-order valence-corrected chi connectivity index (χ1v) is 5.64. The van der Waals surface area contributed by atoms with Crippen molar-refractivity contribution in [3.05, 3.63) is 22.7 Å². The molecule has 0 radical (unpaired) electrons. The fourth-order valence-corrected chi connectivity index (χ4v) is 2.00. The van der Waals surface area contributed by atoms with E-state index in [0.29, 0.717) is 12.1 Å². The molecule has 0 bridgehead atoms. The zero-order valence-electron chi connectivity index (χ0n) is 8.14. The van der Waals surface area contributed by atoms with Gasteiger partial charge >= 0.3 is 0 Å². The van der Waals surface area contributed by atoms with Crippen molar-refractivity contribution in [2.75, 3.05) is 13.2 Å². The van der Waals surface area contributed by atoms with E-state index in [1.165, 1.54) is 0 Å². The second kappa shape index (κ2) is 4.68. The van der Waals surface area contributed by atoms with E-state index in [2.05, 4.69) is 23.3 Å². The third kappa shape index (κ3) is 2.64. The molecule has 3 nitrogen and oxygen atoms in total. The van der Waals surface area contributed by atoms with Crippen molar-refractivity contribution in [1.82, 2.24) is 10.3 Å². The van der Waals surface area contributed by atoms with Crippen LogP contribution in [0.2, 0.25) is 0 Å². The van der Waals surface area contributed by atoms with E-state index in [1.54, 1.807) is 11.3 Å². The highest BCUT2D eigenvalue weighted by Gasteiger charge is 2.15. The van der Waals surface area contributed by atoms with E-state index < -0.39 is 0 Å². The lowest BCUT2D eigenvalue weighted by molar-refractivity contribution is 0.0637. The topological polar surface area (TPSA) is 34.1 Å². The van der Waals surface area contributed by atoms with Crippen molar-refractivity contribution in [1.29, 1.82) is 0 Å². The Bertz CT molecular complexity index is 297. The molecule has 4 heteroatoms. The fourth-order valence-electron chi connectivity index (χ4n) is 1.46. The largest absolute Gasteiger partial charge is 0.378 e. The minimum absolute atomic E-state index is 0.322. The number of nitrogens with zero attached hydrogens (tertiary/aromatic N) is 1. The van der Waals surface area contributed by atoms with Crippen LogP contribution in [-0.4, -0.2) is 30.3 Å². The zero-order chi connectivity index (χ0) is 9.80. The molecule has 0 saturated carbocycles. The van der Waals surface area contributed by atoms with Crippen molar-refractivity contribution in [3.8, 4) is 0 Å². The number of nitrogens with one attached hydrogen (secondary N) is 1. The molecule has 1 fully saturated rings. The first kappa shape index (κ1) is 9.83. The molecule has 2 heterocycles. The van der Waals surface area contributed by atoms with Crippen LogP contribution in [0.4, 0.5) is 0 Å². The van der Waals surface area contributed by atoms with E-state index in [1.807, 2.05) is 17.7 Å². The maximum absolute atomic E-state index is 5.43. The van der Waals surface area contributed by atoms with Crippen molar-refractivity contribution in [2.45, 2.75) is 19.0 Å². The second-order valence-corrected chi connectivity index (χ2v) is 4.37. The van der Waals surface area contributed by atoms with Crippen molar-refractivity contribution < 1.29 is 4.74 Å². The SMILES string of the molecule is CC1COCC(/C=C/c2nccs2)N1. The van der Waals surface area contributed by atoms with Gasteiger partial charge in [0.25, 0.3) is 0 Å². The van der Waals surface area contributed by atoms with Crippen LogP contribution in [0.25, 0.3) is 6.08 Å². The number of hydrogen-bond donors (Lipinski definition) is 1. The quantitative estimate of drug-likeness (QED) is 0.804. The maximum Gasteiger partial charge on any atom is 0.115 e. The summed E-state index contributed by atoms with van der Waals surface area (Å²) in [6, 6.07) is 0.761. The summed E-state index contributed by atoms with van der Waals surface area (Å²) >= 11 is 1.65. The van der Waals surface area contributed by atoms with Crippen LogP contribution in [0, 0.1) is 0 Å². The summed E-state index contributed by atoms with van der Waals surface area (Å²) in [6.07, 6.45) is 5.98. The molecule has 1 N–H and O–H groups in total. The lowest BCUT2D eigenvalue weighted by atomic mass is 10.2. The van der Waals surface area contributed by atoms with Gasteiger partial charge in [-0.1, -0.05) is 6.08 Å². The van der Waals surface area contributed by atoms with E-state index in [0.717, 1.165) is 18.2 Å². The second-order valence-electron chi connectivity index (χ2n) is 3.44. The molecule has 1 aliphatic rings. The highest BCUT2D eigenvalue weighted by Crippen LogP contribution is 2.08. The molecule has 0 amide bonds. The molecule has 2 unspecified atom stereocenters. The summed E-state index contributed by atoms with van der Waals surface area (Å²) < 4.78 is 5.43. The number of rotatable bonds is 2. The Labute approximate surface area is 87.8 Å². The molecule has 76 valence electrons. The number of aromatic nitrogens is 1. The van der Waals surface area contributed by atoms with Gasteiger partial charge in [-0.15, -0.1) is 11.3 Å². The molecule has 0 aromatic carbocycles. The van der Waals surface area contributed by atoms with Gasteiger partial charge in [-0.05, 0) is 13.0 Å². The molecule has 0 aliphatic carbocycles. The number of hydrogen-bond acceptors (Lipinski definition) is 4. The van der Waals surface area contributed by atoms with Crippen LogP contribution in [0.3, 0.4) is 0 Å². The van der Waals surface area contributed by atoms with Crippen molar-refractivity contribution in [3.63, 3.8) is 0 Å². The first-order valence-electron chi connectivity index (χ1n) is 4.76. The average Bonchev–Trinajstić information content (AvgIpc) is 2.67. The summed E-state index contributed by atoms with van der Waals surface area (Å²) in [4.78, 5) is 4.18. The van der Waals surface area contributed by atoms with Gasteiger partial charge in [-0.25, -0.2) is 4.98 Å². The molecule has 2 rings (SSSR count). The van der Waals surface area contributed by atoms with Gasteiger partial charge < -0.3 is 10.1 Å². The fraction of sp³-hybridized carbons (Fsp3) is 0.500. The average molecular weight is 210 g/mol. The van der Waals surface area contributed by atoms with E-state index >= 15 is 0 Å². The van der Waals surface area contributed by atoms with Crippen molar-refractivity contribution in [2.24, 2.45) is 0 Å². The molecule has 1 aromatic heterocycles. The predicted octanol–water partition coefficient (Wildman–Crippen LogP) is 1.53. The molecule has 2 atom stereocenters. The Morgan fingerprint density at radius 2 is 2.57 bits per heavy atom. The smallest absolute Gasteiger partial charge is 0.115 e. The lowest BCUT2D eigenvalue weighted by Crippen LogP contribution is -2.46. The minimum Gasteiger partial charge on any atom is -0.378 e. The maximum atomic E-state index is 5.43. The van der Waals surface area contributed by atoms with Crippen LogP contribution >= 0.6 is 11.3 Å². The summed E-state index contributed by atoms with van der Waals surface area (Å²) in [5, 5.41) is 6.47. The normalized spacial score (nSPS) is 28.4. The predicted molar refractivity (Wildman–Crippen MR) is 58.4 cm³/mol. The number of ether oxygens (including phenoxy) is 1. The Hall–Kier alpha value is -0.710. The van der Waals surface area contributed by atoms with Gasteiger partial charge in [0.1, 0.15) is 5.01 Å². The van der Waals surface area contributed by atoms with Gasteiger partial charge in [0.2, 0.25) is 0 Å². The number of thiazole rings is 1. The van der Waals surface area contributed by atoms with Crippen LogP contribution in [-0.2, 0) is 4.74 Å². The third-order valence-corrected chi connectivity index (χ3v) is 2.83. The monoisotopic (exact) mass is 210 g/mol. The van der Waals surface area contributed by atoms with Gasteiger partial charge in [0.15, 0.2) is 0 Å². The summed E-state index contributed by atoms with van der Waals surface area (Å²) in [5.41, 5.74) is 0. The molecular formula is C10H14N2OS. The Morgan fingerprint density at radius 1 is 1.64 bits per heavy atom. The first-order chi connectivity index (χ1) is 6.84. The Morgan fingerprint density at radius 3 is 3.29 bits per heavy atom. The van der Waals surface area contributed by atoms with Crippen LogP contribution in [0.15, 0.2) is 17.7 Å². The molecule has 0 spiro atoms. The van der Waals surface area contributed by atoms with Crippen LogP contribution < -0.4 is 5.32 Å². The van der Waals surface area contributed by atoms with Gasteiger partial charge in [-0.3, -0.25) is 0 Å². The zero-order valence-corrected chi connectivity index (χ0v) is 8.96. The molecule has 14 heavy (non-hydrogen) atoms. The van der Waals surface area contributed by atoms with Gasteiger partial charge in [-0.2, -0.15) is 0 Å². The number of morpholine rings is 1. The Balaban J connectivity index is 1.90. The summed E-state index contributed by atoms with van der Waals surface area (Å²) in [6.45, 7) is 3.69. The third-order valence-electron chi connectivity index (χ3n) is 2.09. The molecule has 1 aliphatic heterocycles. The standard InChI is InChI=1S/C10H14N2OS/c1-8-6-13-7-9(12-8)2-3-10-11-4-5-14-10/h2-5,8-9,12H,6-7H2,1H3/b3-2+. The molecular weight excluding hydrogens is 196 g/mol. The summed E-state index contributed by atoms with van der Waals surface area (Å²) in [5.74, 6) is 0. The highest BCUT2D eigenvalue weighted by atomic mass is 32.1. The van der Waals surface area contributed by atoms with Gasteiger partial charge in [0, 0.05) is 23.7 Å². The van der Waals surface area contributed by atoms with Crippen LogP contribution in [0.1, 0.15) is 11.9 Å².